The summed E-state index contributed by atoms with van der Waals surface area (Å²) < 4.78 is 5.50. The van der Waals surface area contributed by atoms with Crippen LogP contribution < -0.4 is 11.1 Å². The van der Waals surface area contributed by atoms with E-state index in [9.17, 15) is 0 Å². The second kappa shape index (κ2) is 5.66. The minimum absolute atomic E-state index is 0.0784. The summed E-state index contributed by atoms with van der Waals surface area (Å²) in [5, 5.41) is 12.1. The van der Waals surface area contributed by atoms with Gasteiger partial charge in [0.1, 0.15) is 0 Å². The number of aliphatic hydroxyl groups is 1. The Morgan fingerprint density at radius 3 is 2.79 bits per heavy atom. The lowest BCUT2D eigenvalue weighted by atomic mass is 9.74. The van der Waals surface area contributed by atoms with Crippen molar-refractivity contribution in [3.63, 3.8) is 0 Å². The Balaban J connectivity index is 2.19. The summed E-state index contributed by atoms with van der Waals surface area (Å²) in [7, 11) is 0. The highest BCUT2D eigenvalue weighted by molar-refractivity contribution is 5.02. The lowest BCUT2D eigenvalue weighted by Crippen LogP contribution is -2.62. The van der Waals surface area contributed by atoms with Crippen molar-refractivity contribution in [3.8, 4) is 0 Å². The van der Waals surface area contributed by atoms with Crippen LogP contribution in [0.1, 0.15) is 26.2 Å². The van der Waals surface area contributed by atoms with Gasteiger partial charge in [0.25, 0.3) is 0 Å². The maximum Gasteiger partial charge on any atom is 0.0611 e. The SMILES string of the molecule is CCOC1CC(CN)(NCCCO)C1. The molecule has 1 aliphatic rings. The highest BCUT2D eigenvalue weighted by Gasteiger charge is 2.43. The average molecular weight is 202 g/mol. The van der Waals surface area contributed by atoms with Crippen LogP contribution in [0.3, 0.4) is 0 Å². The molecule has 4 nitrogen and oxygen atoms in total. The van der Waals surface area contributed by atoms with Crippen molar-refractivity contribution in [3.05, 3.63) is 0 Å². The molecule has 84 valence electrons. The van der Waals surface area contributed by atoms with Crippen molar-refractivity contribution < 1.29 is 9.84 Å². The molecule has 0 amide bonds. The van der Waals surface area contributed by atoms with E-state index in [1.54, 1.807) is 0 Å². The Hall–Kier alpha value is -0.160. The van der Waals surface area contributed by atoms with E-state index >= 15 is 0 Å². The molecule has 0 aromatic rings. The first-order chi connectivity index (χ1) is 6.76. The van der Waals surface area contributed by atoms with Gasteiger partial charge < -0.3 is 20.9 Å². The van der Waals surface area contributed by atoms with E-state index in [1.807, 2.05) is 6.92 Å². The predicted octanol–water partition coefficient (Wildman–Crippen LogP) is -0.145. The summed E-state index contributed by atoms with van der Waals surface area (Å²) in [5.41, 5.74) is 5.81. The molecule has 0 aliphatic heterocycles. The normalized spacial score (nSPS) is 31.5. The molecule has 0 aromatic carbocycles. The molecular formula is C10H22N2O2. The third kappa shape index (κ3) is 2.92. The zero-order chi connectivity index (χ0) is 10.4. The van der Waals surface area contributed by atoms with Crippen molar-refractivity contribution >= 4 is 0 Å². The fourth-order valence-electron chi connectivity index (χ4n) is 1.98. The van der Waals surface area contributed by atoms with Crippen LogP contribution >= 0.6 is 0 Å². The largest absolute Gasteiger partial charge is 0.396 e. The van der Waals surface area contributed by atoms with Crippen molar-refractivity contribution in [1.29, 1.82) is 0 Å². The summed E-state index contributed by atoms with van der Waals surface area (Å²) in [4.78, 5) is 0. The molecule has 1 fully saturated rings. The van der Waals surface area contributed by atoms with E-state index in [4.69, 9.17) is 15.6 Å². The molecule has 4 heteroatoms. The molecule has 0 aromatic heterocycles. The van der Waals surface area contributed by atoms with Gasteiger partial charge in [-0.15, -0.1) is 0 Å². The Labute approximate surface area is 85.8 Å². The van der Waals surface area contributed by atoms with Crippen LogP contribution in [0.4, 0.5) is 0 Å². The molecule has 0 atom stereocenters. The van der Waals surface area contributed by atoms with Crippen molar-refractivity contribution in [2.24, 2.45) is 5.73 Å². The van der Waals surface area contributed by atoms with Gasteiger partial charge in [0.2, 0.25) is 0 Å². The first kappa shape index (κ1) is 11.9. The van der Waals surface area contributed by atoms with E-state index in [0.29, 0.717) is 12.6 Å². The number of hydrogen-bond acceptors (Lipinski definition) is 4. The fraction of sp³-hybridized carbons (Fsp3) is 1.00. The van der Waals surface area contributed by atoms with Gasteiger partial charge in [-0.05, 0) is 32.7 Å². The van der Waals surface area contributed by atoms with Crippen LogP contribution in [0, 0.1) is 0 Å². The van der Waals surface area contributed by atoms with Gasteiger partial charge >= 0.3 is 0 Å². The minimum atomic E-state index is 0.0784. The van der Waals surface area contributed by atoms with Crippen LogP contribution in [0.15, 0.2) is 0 Å². The number of hydrogen-bond donors (Lipinski definition) is 3. The first-order valence-corrected chi connectivity index (χ1v) is 5.44. The Morgan fingerprint density at radius 1 is 1.57 bits per heavy atom. The van der Waals surface area contributed by atoms with Gasteiger partial charge in [0, 0.05) is 25.3 Å². The maximum absolute atomic E-state index is 8.67. The molecule has 1 rings (SSSR count). The number of aliphatic hydroxyl groups excluding tert-OH is 1. The second-order valence-electron chi connectivity index (χ2n) is 3.97. The molecule has 0 heterocycles. The summed E-state index contributed by atoms with van der Waals surface area (Å²) in [6.07, 6.45) is 3.18. The molecule has 0 saturated heterocycles. The maximum atomic E-state index is 8.67. The van der Waals surface area contributed by atoms with Crippen LogP contribution in [0.2, 0.25) is 0 Å². The molecule has 0 spiro atoms. The monoisotopic (exact) mass is 202 g/mol. The third-order valence-corrected chi connectivity index (χ3v) is 2.86. The lowest BCUT2D eigenvalue weighted by molar-refractivity contribution is -0.0476. The molecule has 0 radical (unpaired) electrons. The first-order valence-electron chi connectivity index (χ1n) is 5.44. The zero-order valence-electron chi connectivity index (χ0n) is 8.96. The van der Waals surface area contributed by atoms with Gasteiger partial charge in [0.05, 0.1) is 6.10 Å². The Kier molecular flexibility index (Phi) is 4.81. The van der Waals surface area contributed by atoms with Crippen LogP contribution in [0.25, 0.3) is 0 Å². The topological polar surface area (TPSA) is 67.5 Å². The molecule has 1 aliphatic carbocycles. The van der Waals surface area contributed by atoms with Gasteiger partial charge in [-0.1, -0.05) is 0 Å². The van der Waals surface area contributed by atoms with Gasteiger partial charge in [-0.3, -0.25) is 0 Å². The molecule has 0 unspecified atom stereocenters. The van der Waals surface area contributed by atoms with Gasteiger partial charge in [-0.25, -0.2) is 0 Å². The predicted molar refractivity (Wildman–Crippen MR) is 56.1 cm³/mol. The molecule has 4 N–H and O–H groups in total. The minimum Gasteiger partial charge on any atom is -0.396 e. The highest BCUT2D eigenvalue weighted by atomic mass is 16.5. The highest BCUT2D eigenvalue weighted by Crippen LogP contribution is 2.33. The lowest BCUT2D eigenvalue weighted by Gasteiger charge is -2.47. The molecular weight excluding hydrogens is 180 g/mol. The van der Waals surface area contributed by atoms with E-state index in [2.05, 4.69) is 5.32 Å². The number of nitrogens with two attached hydrogens (primary N) is 1. The van der Waals surface area contributed by atoms with E-state index in [1.165, 1.54) is 0 Å². The Morgan fingerprint density at radius 2 is 2.29 bits per heavy atom. The van der Waals surface area contributed by atoms with Crippen molar-refractivity contribution in [1.82, 2.24) is 5.32 Å². The number of rotatable bonds is 7. The average Bonchev–Trinajstić information content (AvgIpc) is 2.14. The van der Waals surface area contributed by atoms with Gasteiger partial charge in [-0.2, -0.15) is 0 Å². The summed E-state index contributed by atoms with van der Waals surface area (Å²) >= 11 is 0. The second-order valence-corrected chi connectivity index (χ2v) is 3.97. The van der Waals surface area contributed by atoms with E-state index in [0.717, 1.165) is 32.4 Å². The smallest absolute Gasteiger partial charge is 0.0611 e. The van der Waals surface area contributed by atoms with Crippen molar-refractivity contribution in [2.45, 2.75) is 37.8 Å². The van der Waals surface area contributed by atoms with Gasteiger partial charge in [0.15, 0.2) is 0 Å². The quantitative estimate of drug-likeness (QED) is 0.502. The molecule has 0 bridgehead atoms. The molecule has 14 heavy (non-hydrogen) atoms. The van der Waals surface area contributed by atoms with Crippen molar-refractivity contribution in [2.75, 3.05) is 26.3 Å². The fourth-order valence-corrected chi connectivity index (χ4v) is 1.98. The van der Waals surface area contributed by atoms with Crippen LogP contribution in [-0.4, -0.2) is 43.1 Å². The standard InChI is InChI=1S/C10H22N2O2/c1-2-14-9-6-10(7-9,8-11)12-4-3-5-13/h9,12-13H,2-8,11H2,1H3. The summed E-state index contributed by atoms with van der Waals surface area (Å²) in [6, 6.07) is 0. The van der Waals surface area contributed by atoms with Crippen LogP contribution in [0.5, 0.6) is 0 Å². The number of nitrogens with one attached hydrogen (secondary N) is 1. The third-order valence-electron chi connectivity index (χ3n) is 2.86. The molecule has 1 saturated carbocycles. The summed E-state index contributed by atoms with van der Waals surface area (Å²) in [6.45, 7) is 4.53. The van der Waals surface area contributed by atoms with E-state index in [-0.39, 0.29) is 12.1 Å². The zero-order valence-corrected chi connectivity index (χ0v) is 8.96. The summed E-state index contributed by atoms with van der Waals surface area (Å²) in [5.74, 6) is 0. The van der Waals surface area contributed by atoms with Crippen LogP contribution in [-0.2, 0) is 4.74 Å². The number of ether oxygens (including phenoxy) is 1. The van der Waals surface area contributed by atoms with E-state index < -0.39 is 0 Å². The Bertz CT molecular complexity index is 153.